The number of halogens is 3. The van der Waals surface area contributed by atoms with Crippen molar-refractivity contribution < 1.29 is 27.8 Å². The van der Waals surface area contributed by atoms with Gasteiger partial charge in [0, 0.05) is 0 Å². The van der Waals surface area contributed by atoms with Crippen LogP contribution in [0.4, 0.5) is 8.78 Å². The maximum Gasteiger partial charge on any atom is 0.374 e. The SMILES string of the molecule is CO/C=C(/C(=O)OC)c1ccccc1COc1nc(C(F)(F)Cl)sc1C. The molecule has 0 saturated carbocycles. The van der Waals surface area contributed by atoms with Crippen LogP contribution in [-0.4, -0.2) is 25.2 Å². The molecule has 26 heavy (non-hydrogen) atoms. The Balaban J connectivity index is 2.28. The molecular weight excluding hydrogens is 388 g/mol. The van der Waals surface area contributed by atoms with Crippen molar-refractivity contribution in [2.75, 3.05) is 14.2 Å². The summed E-state index contributed by atoms with van der Waals surface area (Å²) in [5, 5.41) is -4.08. The van der Waals surface area contributed by atoms with Crippen LogP contribution in [0.1, 0.15) is 21.0 Å². The molecule has 0 atom stereocenters. The first-order chi connectivity index (χ1) is 12.3. The molecule has 0 spiro atoms. The molecule has 0 aliphatic heterocycles. The molecule has 0 aliphatic carbocycles. The summed E-state index contributed by atoms with van der Waals surface area (Å²) in [5.41, 5.74) is 1.38. The number of methoxy groups -OCH3 is 2. The van der Waals surface area contributed by atoms with Gasteiger partial charge in [-0.25, -0.2) is 4.79 Å². The molecule has 1 heterocycles. The van der Waals surface area contributed by atoms with E-state index in [2.05, 4.69) is 4.98 Å². The number of ether oxygens (including phenoxy) is 3. The summed E-state index contributed by atoms with van der Waals surface area (Å²) >= 11 is 5.76. The van der Waals surface area contributed by atoms with Crippen LogP contribution in [0.3, 0.4) is 0 Å². The number of aromatic nitrogens is 1. The van der Waals surface area contributed by atoms with Crippen LogP contribution in [0.15, 0.2) is 30.5 Å². The summed E-state index contributed by atoms with van der Waals surface area (Å²) < 4.78 is 41.6. The van der Waals surface area contributed by atoms with Crippen molar-refractivity contribution >= 4 is 34.5 Å². The van der Waals surface area contributed by atoms with Gasteiger partial charge in [0.25, 0.3) is 0 Å². The molecule has 1 aromatic carbocycles. The number of rotatable bonds is 7. The number of hydrogen-bond donors (Lipinski definition) is 0. The Hall–Kier alpha value is -2.19. The van der Waals surface area contributed by atoms with E-state index in [1.807, 2.05) is 0 Å². The summed E-state index contributed by atoms with van der Waals surface area (Å²) in [7, 11) is 2.67. The first-order valence-electron chi connectivity index (χ1n) is 7.35. The first-order valence-corrected chi connectivity index (χ1v) is 8.54. The Labute approximate surface area is 158 Å². The molecule has 9 heteroatoms. The van der Waals surface area contributed by atoms with Crippen molar-refractivity contribution in [2.24, 2.45) is 0 Å². The number of thiazole rings is 1. The minimum Gasteiger partial charge on any atom is -0.503 e. The summed E-state index contributed by atoms with van der Waals surface area (Å²) in [4.78, 5) is 16.2. The molecule has 0 N–H and O–H groups in total. The molecule has 0 saturated heterocycles. The molecule has 0 fully saturated rings. The lowest BCUT2D eigenvalue weighted by Crippen LogP contribution is -2.08. The Kier molecular flexibility index (Phi) is 6.55. The van der Waals surface area contributed by atoms with Gasteiger partial charge in [-0.05, 0) is 29.7 Å². The minimum absolute atomic E-state index is 0.00604. The third-order valence-electron chi connectivity index (χ3n) is 3.31. The number of carbonyl (C=O) groups excluding carboxylic acids is 1. The highest BCUT2D eigenvalue weighted by Gasteiger charge is 2.33. The highest BCUT2D eigenvalue weighted by atomic mass is 35.5. The van der Waals surface area contributed by atoms with Gasteiger partial charge in [-0.3, -0.25) is 0 Å². The zero-order chi connectivity index (χ0) is 19.3. The third kappa shape index (κ3) is 4.70. The van der Waals surface area contributed by atoms with Gasteiger partial charge in [0.15, 0.2) is 5.01 Å². The van der Waals surface area contributed by atoms with E-state index in [1.54, 1.807) is 31.2 Å². The summed E-state index contributed by atoms with van der Waals surface area (Å²) in [5.74, 6) is -0.510. The van der Waals surface area contributed by atoms with Gasteiger partial charge in [0.05, 0.1) is 25.4 Å². The lowest BCUT2D eigenvalue weighted by atomic mass is 10.0. The molecule has 2 rings (SSSR count). The number of hydrogen-bond acceptors (Lipinski definition) is 6. The van der Waals surface area contributed by atoms with Crippen molar-refractivity contribution in [1.82, 2.24) is 4.98 Å². The predicted molar refractivity (Wildman–Crippen MR) is 94.4 cm³/mol. The van der Waals surface area contributed by atoms with Crippen LogP contribution in [0.5, 0.6) is 5.88 Å². The average molecular weight is 404 g/mol. The Morgan fingerprint density at radius 2 is 2.04 bits per heavy atom. The smallest absolute Gasteiger partial charge is 0.374 e. The van der Waals surface area contributed by atoms with Gasteiger partial charge in [-0.15, -0.1) is 11.3 Å². The highest BCUT2D eigenvalue weighted by molar-refractivity contribution is 7.12. The second-order valence-corrected chi connectivity index (χ2v) is 6.76. The molecule has 0 unspecified atom stereocenters. The zero-order valence-electron chi connectivity index (χ0n) is 14.2. The topological polar surface area (TPSA) is 57.7 Å². The second-order valence-electron chi connectivity index (χ2n) is 5.08. The van der Waals surface area contributed by atoms with Crippen molar-refractivity contribution in [3.8, 4) is 5.88 Å². The quantitative estimate of drug-likeness (QED) is 0.295. The number of benzene rings is 1. The minimum atomic E-state index is -3.55. The van der Waals surface area contributed by atoms with Crippen LogP contribution in [0.25, 0.3) is 5.57 Å². The average Bonchev–Trinajstić information content (AvgIpc) is 2.99. The maximum absolute atomic E-state index is 13.2. The summed E-state index contributed by atoms with van der Waals surface area (Å²) in [6.45, 7) is 1.61. The molecule has 0 amide bonds. The van der Waals surface area contributed by atoms with E-state index in [0.717, 1.165) is 11.3 Å². The van der Waals surface area contributed by atoms with E-state index in [9.17, 15) is 13.6 Å². The predicted octanol–water partition coefficient (Wildman–Crippen LogP) is 4.48. The Morgan fingerprint density at radius 1 is 1.35 bits per heavy atom. The maximum atomic E-state index is 13.2. The van der Waals surface area contributed by atoms with Gasteiger partial charge in [-0.2, -0.15) is 13.8 Å². The van der Waals surface area contributed by atoms with Crippen LogP contribution >= 0.6 is 22.9 Å². The number of alkyl halides is 3. The molecule has 1 aromatic heterocycles. The van der Waals surface area contributed by atoms with Crippen LogP contribution in [-0.2, 0) is 26.3 Å². The zero-order valence-corrected chi connectivity index (χ0v) is 15.8. The lowest BCUT2D eigenvalue weighted by Gasteiger charge is -2.12. The van der Waals surface area contributed by atoms with Gasteiger partial charge in [-0.1, -0.05) is 24.3 Å². The van der Waals surface area contributed by atoms with Gasteiger partial charge >= 0.3 is 11.4 Å². The van der Waals surface area contributed by atoms with E-state index in [1.165, 1.54) is 20.5 Å². The molecule has 140 valence electrons. The van der Waals surface area contributed by atoms with Gasteiger partial charge in [0.1, 0.15) is 12.2 Å². The monoisotopic (exact) mass is 403 g/mol. The summed E-state index contributed by atoms with van der Waals surface area (Å²) in [6.07, 6.45) is 1.27. The van der Waals surface area contributed by atoms with Crippen molar-refractivity contribution in [2.45, 2.75) is 18.9 Å². The number of esters is 1. The molecule has 2 aromatic rings. The highest BCUT2D eigenvalue weighted by Crippen LogP contribution is 2.38. The fourth-order valence-electron chi connectivity index (χ4n) is 2.14. The second kappa shape index (κ2) is 8.46. The normalized spacial score (nSPS) is 12.0. The number of carbonyl (C=O) groups is 1. The van der Waals surface area contributed by atoms with Crippen LogP contribution in [0.2, 0.25) is 0 Å². The lowest BCUT2D eigenvalue weighted by molar-refractivity contribution is -0.133. The first kappa shape index (κ1) is 20.1. The van der Waals surface area contributed by atoms with Crippen molar-refractivity contribution in [1.29, 1.82) is 0 Å². The van der Waals surface area contributed by atoms with Crippen LogP contribution in [0, 0.1) is 6.92 Å². The standard InChI is InChI=1S/C17H16ClF2NO4S/c1-10-14(21-16(26-10)17(18,19)20)25-8-11-6-4-5-7-12(11)13(9-23-2)15(22)24-3/h4-7,9H,8H2,1-3H3/b13-9+. The summed E-state index contributed by atoms with van der Waals surface area (Å²) in [6, 6.07) is 6.94. The van der Waals surface area contributed by atoms with Gasteiger partial charge < -0.3 is 14.2 Å². The Bertz CT molecular complexity index is 817. The van der Waals surface area contributed by atoms with E-state index in [4.69, 9.17) is 25.8 Å². The molecule has 0 aliphatic rings. The molecule has 0 radical (unpaired) electrons. The van der Waals surface area contributed by atoms with Crippen molar-refractivity contribution in [3.63, 3.8) is 0 Å². The molecular formula is C17H16ClF2NO4S. The number of aryl methyl sites for hydroxylation is 1. The van der Waals surface area contributed by atoms with E-state index >= 15 is 0 Å². The Morgan fingerprint density at radius 3 is 2.62 bits per heavy atom. The molecule has 0 bridgehead atoms. The number of nitrogens with zero attached hydrogens (tertiary/aromatic N) is 1. The van der Waals surface area contributed by atoms with Gasteiger partial charge in [0.2, 0.25) is 5.88 Å². The van der Waals surface area contributed by atoms with Crippen LogP contribution < -0.4 is 4.74 Å². The van der Waals surface area contributed by atoms with Crippen molar-refractivity contribution in [3.05, 3.63) is 51.5 Å². The van der Waals surface area contributed by atoms with E-state index in [0.29, 0.717) is 16.0 Å². The molecule has 5 nitrogen and oxygen atoms in total. The fourth-order valence-corrected chi connectivity index (χ4v) is 3.03. The largest absolute Gasteiger partial charge is 0.503 e. The third-order valence-corrected chi connectivity index (χ3v) is 4.62. The fraction of sp³-hybridized carbons (Fsp3) is 0.294. The van der Waals surface area contributed by atoms with E-state index < -0.39 is 16.4 Å². The van der Waals surface area contributed by atoms with E-state index in [-0.39, 0.29) is 18.1 Å².